The molecule has 0 saturated carbocycles. The summed E-state index contributed by atoms with van der Waals surface area (Å²) in [5, 5.41) is 3.22. The molecular formula is C22H24ClN3O4S2. The number of amides is 2. The Morgan fingerprint density at radius 2 is 1.94 bits per heavy atom. The molecule has 32 heavy (non-hydrogen) atoms. The summed E-state index contributed by atoms with van der Waals surface area (Å²) in [6, 6.07) is 11.5. The second-order valence-corrected chi connectivity index (χ2v) is 11.4. The normalized spacial score (nSPS) is 17.8. The van der Waals surface area contributed by atoms with Crippen LogP contribution in [0.2, 0.25) is 5.02 Å². The predicted octanol–water partition coefficient (Wildman–Crippen LogP) is 3.84. The van der Waals surface area contributed by atoms with Crippen LogP contribution in [0.1, 0.15) is 19.8 Å². The Hall–Kier alpha value is -2.07. The van der Waals surface area contributed by atoms with Gasteiger partial charge in [0, 0.05) is 28.7 Å². The van der Waals surface area contributed by atoms with Crippen molar-refractivity contribution in [2.45, 2.75) is 29.6 Å². The number of rotatable bonds is 5. The Bertz CT molecular complexity index is 1150. The lowest BCUT2D eigenvalue weighted by Crippen LogP contribution is -2.41. The minimum absolute atomic E-state index is 0.140. The Labute approximate surface area is 197 Å². The highest BCUT2D eigenvalue weighted by Gasteiger charge is 2.32. The molecule has 1 N–H and O–H groups in total. The van der Waals surface area contributed by atoms with Crippen LogP contribution in [0.3, 0.4) is 0 Å². The smallest absolute Gasteiger partial charge is 0.244 e. The van der Waals surface area contributed by atoms with Gasteiger partial charge in [-0.3, -0.25) is 9.59 Å². The summed E-state index contributed by atoms with van der Waals surface area (Å²) >= 11 is 7.30. The Morgan fingerprint density at radius 1 is 1.19 bits per heavy atom. The van der Waals surface area contributed by atoms with Crippen LogP contribution in [0, 0.1) is 5.92 Å². The first-order valence-corrected chi connectivity index (χ1v) is 13.2. The van der Waals surface area contributed by atoms with Crippen LogP contribution < -0.4 is 10.2 Å². The lowest BCUT2D eigenvalue weighted by molar-refractivity contribution is -0.120. The van der Waals surface area contributed by atoms with Gasteiger partial charge in [0.25, 0.3) is 0 Å². The highest BCUT2D eigenvalue weighted by atomic mass is 35.5. The molecule has 2 aromatic rings. The van der Waals surface area contributed by atoms with Crippen LogP contribution in [0.5, 0.6) is 0 Å². The number of thioether (sulfide) groups is 1. The molecule has 1 fully saturated rings. The van der Waals surface area contributed by atoms with E-state index in [1.54, 1.807) is 36.4 Å². The number of carbonyl (C=O) groups is 2. The molecule has 2 aliphatic rings. The maximum Gasteiger partial charge on any atom is 0.244 e. The zero-order chi connectivity index (χ0) is 22.9. The monoisotopic (exact) mass is 493 g/mol. The van der Waals surface area contributed by atoms with E-state index in [0.717, 1.165) is 17.7 Å². The molecular weight excluding hydrogens is 470 g/mol. The number of fused-ring (bicyclic) bond motifs is 1. The Kier molecular flexibility index (Phi) is 6.80. The third-order valence-corrected chi connectivity index (χ3v) is 8.84. The van der Waals surface area contributed by atoms with E-state index >= 15 is 0 Å². The Balaban J connectivity index is 1.57. The number of anilines is 2. The average molecular weight is 494 g/mol. The van der Waals surface area contributed by atoms with Crippen molar-refractivity contribution in [3.63, 3.8) is 0 Å². The van der Waals surface area contributed by atoms with Crippen molar-refractivity contribution in [1.29, 1.82) is 0 Å². The summed E-state index contributed by atoms with van der Waals surface area (Å²) in [5.74, 6) is 0.0578. The molecule has 0 radical (unpaired) electrons. The number of benzene rings is 2. The minimum Gasteiger partial charge on any atom is -0.324 e. The van der Waals surface area contributed by atoms with Crippen molar-refractivity contribution < 1.29 is 18.0 Å². The highest BCUT2D eigenvalue weighted by Crippen LogP contribution is 2.37. The third-order valence-electron chi connectivity index (χ3n) is 5.66. The van der Waals surface area contributed by atoms with Gasteiger partial charge in [-0.25, -0.2) is 8.42 Å². The zero-order valence-electron chi connectivity index (χ0n) is 17.6. The third kappa shape index (κ3) is 4.96. The zero-order valence-corrected chi connectivity index (χ0v) is 20.0. The van der Waals surface area contributed by atoms with Crippen molar-refractivity contribution in [2.75, 3.05) is 35.6 Å². The van der Waals surface area contributed by atoms with Crippen molar-refractivity contribution in [1.82, 2.24) is 4.31 Å². The van der Waals surface area contributed by atoms with Gasteiger partial charge < -0.3 is 10.2 Å². The molecule has 0 spiro atoms. The molecule has 4 rings (SSSR count). The number of sulfonamides is 1. The molecule has 170 valence electrons. The topological polar surface area (TPSA) is 86.8 Å². The number of halogens is 1. The number of hydrogen-bond acceptors (Lipinski definition) is 5. The fourth-order valence-corrected chi connectivity index (χ4v) is 6.40. The maximum absolute atomic E-state index is 13.2. The largest absolute Gasteiger partial charge is 0.324 e. The van der Waals surface area contributed by atoms with Gasteiger partial charge in [-0.15, -0.1) is 11.8 Å². The standard InChI is InChI=1S/C22H24ClN3O4S2/c1-15-7-9-25(10-8-15)32(29,30)18-5-6-20-19(12-18)26(22(28)14-31-20)13-21(27)24-17-4-2-3-16(23)11-17/h2-6,11-12,15H,7-10,13-14H2,1H3,(H,24,27). The second-order valence-electron chi connectivity index (χ2n) is 8.04. The fourth-order valence-electron chi connectivity index (χ4n) is 3.80. The molecule has 0 aliphatic carbocycles. The molecule has 7 nitrogen and oxygen atoms in total. The molecule has 0 aromatic heterocycles. The molecule has 2 amide bonds. The first kappa shape index (κ1) is 23.1. The van der Waals surface area contributed by atoms with Crippen molar-refractivity contribution in [3.05, 3.63) is 47.5 Å². The molecule has 2 aliphatic heterocycles. The van der Waals surface area contributed by atoms with Crippen molar-refractivity contribution in [3.8, 4) is 0 Å². The van der Waals surface area contributed by atoms with Gasteiger partial charge in [-0.1, -0.05) is 24.6 Å². The lowest BCUT2D eigenvalue weighted by atomic mass is 10.0. The van der Waals surface area contributed by atoms with E-state index in [9.17, 15) is 18.0 Å². The minimum atomic E-state index is -3.67. The van der Waals surface area contributed by atoms with Gasteiger partial charge in [-0.05, 0) is 55.2 Å². The van der Waals surface area contributed by atoms with Gasteiger partial charge in [0.2, 0.25) is 21.8 Å². The molecule has 0 bridgehead atoms. The summed E-state index contributed by atoms with van der Waals surface area (Å²) < 4.78 is 27.9. The van der Waals surface area contributed by atoms with E-state index in [0.29, 0.717) is 35.4 Å². The Morgan fingerprint density at radius 3 is 2.66 bits per heavy atom. The summed E-state index contributed by atoms with van der Waals surface area (Å²) in [6.45, 7) is 2.88. The lowest BCUT2D eigenvalue weighted by Gasteiger charge is -2.31. The maximum atomic E-state index is 13.2. The number of nitrogens with one attached hydrogen (secondary N) is 1. The molecule has 0 atom stereocenters. The number of nitrogens with zero attached hydrogens (tertiary/aromatic N) is 2. The van der Waals surface area contributed by atoms with Crippen LogP contribution >= 0.6 is 23.4 Å². The molecule has 0 unspecified atom stereocenters. The first-order chi connectivity index (χ1) is 15.2. The predicted molar refractivity (Wildman–Crippen MR) is 127 cm³/mol. The van der Waals surface area contributed by atoms with Gasteiger partial charge in [-0.2, -0.15) is 4.31 Å². The van der Waals surface area contributed by atoms with Crippen molar-refractivity contribution >= 4 is 56.6 Å². The average Bonchev–Trinajstić information content (AvgIpc) is 2.75. The SMILES string of the molecule is CC1CCN(S(=O)(=O)c2ccc3c(c2)N(CC(=O)Nc2cccc(Cl)c2)C(=O)CS3)CC1. The van der Waals surface area contributed by atoms with Crippen LogP contribution in [0.4, 0.5) is 11.4 Å². The van der Waals surface area contributed by atoms with Gasteiger partial charge in [0.15, 0.2) is 0 Å². The summed E-state index contributed by atoms with van der Waals surface area (Å²) in [7, 11) is -3.67. The van der Waals surface area contributed by atoms with Crippen molar-refractivity contribution in [2.24, 2.45) is 5.92 Å². The van der Waals surface area contributed by atoms with Crippen LogP contribution in [-0.2, 0) is 19.6 Å². The van der Waals surface area contributed by atoms with Crippen LogP contribution in [0.15, 0.2) is 52.3 Å². The molecule has 10 heteroatoms. The van der Waals surface area contributed by atoms with E-state index < -0.39 is 15.9 Å². The molecule has 2 heterocycles. The quantitative estimate of drug-likeness (QED) is 0.683. The van der Waals surface area contributed by atoms with Gasteiger partial charge in [0.05, 0.1) is 16.3 Å². The number of carbonyl (C=O) groups excluding carboxylic acids is 2. The highest BCUT2D eigenvalue weighted by molar-refractivity contribution is 8.00. The fraction of sp³-hybridized carbons (Fsp3) is 0.364. The van der Waals surface area contributed by atoms with E-state index in [4.69, 9.17) is 11.6 Å². The summed E-state index contributed by atoms with van der Waals surface area (Å²) in [5.41, 5.74) is 0.969. The summed E-state index contributed by atoms with van der Waals surface area (Å²) in [6.07, 6.45) is 1.66. The second kappa shape index (κ2) is 9.43. The van der Waals surface area contributed by atoms with Gasteiger partial charge in [0.1, 0.15) is 6.54 Å². The van der Waals surface area contributed by atoms with E-state index in [1.807, 2.05) is 0 Å². The van der Waals surface area contributed by atoms with Crippen LogP contribution in [-0.4, -0.2) is 49.9 Å². The van der Waals surface area contributed by atoms with E-state index in [2.05, 4.69) is 12.2 Å². The molecule has 1 saturated heterocycles. The first-order valence-electron chi connectivity index (χ1n) is 10.4. The number of hydrogen-bond donors (Lipinski definition) is 1. The number of piperidine rings is 1. The van der Waals surface area contributed by atoms with E-state index in [-0.39, 0.29) is 23.1 Å². The summed E-state index contributed by atoms with van der Waals surface area (Å²) in [4.78, 5) is 27.5. The molecule has 2 aromatic carbocycles. The van der Waals surface area contributed by atoms with E-state index in [1.165, 1.54) is 27.0 Å². The van der Waals surface area contributed by atoms with Crippen LogP contribution in [0.25, 0.3) is 0 Å². The van der Waals surface area contributed by atoms with Gasteiger partial charge >= 0.3 is 0 Å².